The van der Waals surface area contributed by atoms with Crippen LogP contribution in [0.3, 0.4) is 0 Å². The Bertz CT molecular complexity index is 996. The summed E-state index contributed by atoms with van der Waals surface area (Å²) >= 11 is 3.32. The summed E-state index contributed by atoms with van der Waals surface area (Å²) in [5.74, 6) is -2.30. The maximum atomic E-state index is 13.9. The number of hydrogen-bond acceptors (Lipinski definition) is 4. The third-order valence-corrected chi connectivity index (χ3v) is 5.54. The van der Waals surface area contributed by atoms with Gasteiger partial charge in [0, 0.05) is 10.2 Å². The second-order valence-electron chi connectivity index (χ2n) is 5.54. The summed E-state index contributed by atoms with van der Waals surface area (Å²) in [5, 5.41) is 4.90. The van der Waals surface area contributed by atoms with Crippen LogP contribution in [0.2, 0.25) is 0 Å². The zero-order valence-corrected chi connectivity index (χ0v) is 16.9. The van der Waals surface area contributed by atoms with Gasteiger partial charge in [-0.1, -0.05) is 15.9 Å². The molecule has 0 saturated carbocycles. The van der Waals surface area contributed by atoms with Gasteiger partial charge in [-0.25, -0.2) is 17.5 Å². The summed E-state index contributed by atoms with van der Waals surface area (Å²) in [4.78, 5) is 23.9. The molecule has 7 nitrogen and oxygen atoms in total. The lowest BCUT2D eigenvalue weighted by atomic mass is 10.2. The van der Waals surface area contributed by atoms with Gasteiger partial charge in [-0.2, -0.15) is 0 Å². The van der Waals surface area contributed by atoms with Gasteiger partial charge in [0.25, 0.3) is 5.91 Å². The van der Waals surface area contributed by atoms with Gasteiger partial charge in [-0.05, 0) is 55.9 Å². The summed E-state index contributed by atoms with van der Waals surface area (Å²) in [6.45, 7) is 1.40. The molecule has 2 rings (SSSR count). The van der Waals surface area contributed by atoms with Crippen molar-refractivity contribution >= 4 is 43.5 Å². The number of sulfonamides is 1. The summed E-state index contributed by atoms with van der Waals surface area (Å²) in [7, 11) is -2.63. The topological polar surface area (TPSA) is 104 Å². The van der Waals surface area contributed by atoms with Gasteiger partial charge in [0.1, 0.15) is 5.82 Å². The zero-order valence-electron chi connectivity index (χ0n) is 14.5. The number of anilines is 1. The first-order chi connectivity index (χ1) is 12.6. The number of rotatable bonds is 6. The van der Waals surface area contributed by atoms with E-state index in [0.29, 0.717) is 5.69 Å². The lowest BCUT2D eigenvalue weighted by Gasteiger charge is -2.10. The van der Waals surface area contributed by atoms with Crippen LogP contribution in [-0.4, -0.2) is 33.8 Å². The third-order valence-electron chi connectivity index (χ3n) is 3.63. The Labute approximate surface area is 164 Å². The first-order valence-corrected chi connectivity index (χ1v) is 9.99. The van der Waals surface area contributed by atoms with E-state index in [1.54, 1.807) is 12.1 Å². The molecular weight excluding hydrogens is 441 g/mol. The predicted octanol–water partition coefficient (Wildman–Crippen LogP) is 2.17. The molecule has 2 amide bonds. The second-order valence-corrected chi connectivity index (χ2v) is 8.34. The number of amides is 2. The number of aryl methyl sites for hydroxylation is 1. The van der Waals surface area contributed by atoms with Gasteiger partial charge in [-0.15, -0.1) is 0 Å². The van der Waals surface area contributed by atoms with Gasteiger partial charge in [0.2, 0.25) is 15.9 Å². The van der Waals surface area contributed by atoms with Crippen molar-refractivity contribution in [3.05, 3.63) is 57.8 Å². The summed E-state index contributed by atoms with van der Waals surface area (Å²) in [6, 6.07) is 8.10. The molecule has 2 aromatic carbocycles. The van der Waals surface area contributed by atoms with Crippen LogP contribution in [0, 0.1) is 12.7 Å². The van der Waals surface area contributed by atoms with Gasteiger partial charge in [-0.3, -0.25) is 9.59 Å². The van der Waals surface area contributed by atoms with Crippen LogP contribution in [-0.2, 0) is 14.8 Å². The van der Waals surface area contributed by atoms with E-state index >= 15 is 0 Å². The molecule has 0 spiro atoms. The highest BCUT2D eigenvalue weighted by Gasteiger charge is 2.18. The number of carbonyl (C=O) groups excluding carboxylic acids is 2. The number of nitrogens with one attached hydrogen (secondary N) is 3. The molecule has 0 saturated heterocycles. The van der Waals surface area contributed by atoms with Crippen molar-refractivity contribution in [2.75, 3.05) is 18.9 Å². The summed E-state index contributed by atoms with van der Waals surface area (Å²) < 4.78 is 40.4. The molecule has 3 N–H and O–H groups in total. The molecule has 0 radical (unpaired) electrons. The van der Waals surface area contributed by atoms with E-state index in [-0.39, 0.29) is 4.90 Å². The van der Waals surface area contributed by atoms with Crippen molar-refractivity contribution in [3.63, 3.8) is 0 Å². The monoisotopic (exact) mass is 457 g/mol. The Hall–Kier alpha value is -2.30. The minimum Gasteiger partial charge on any atom is -0.343 e. The normalized spacial score (nSPS) is 11.1. The fourth-order valence-electron chi connectivity index (χ4n) is 2.18. The van der Waals surface area contributed by atoms with E-state index in [0.717, 1.165) is 28.2 Å². The van der Waals surface area contributed by atoms with Crippen LogP contribution in [0.1, 0.15) is 15.9 Å². The van der Waals surface area contributed by atoms with E-state index in [1.165, 1.54) is 7.05 Å². The Balaban J connectivity index is 2.07. The highest BCUT2D eigenvalue weighted by Crippen LogP contribution is 2.20. The Morgan fingerprint density at radius 1 is 1.15 bits per heavy atom. The number of halogens is 2. The predicted molar refractivity (Wildman–Crippen MR) is 102 cm³/mol. The fourth-order valence-corrected chi connectivity index (χ4v) is 3.41. The van der Waals surface area contributed by atoms with Gasteiger partial charge >= 0.3 is 0 Å². The molecule has 2 aromatic rings. The Kier molecular flexibility index (Phi) is 6.68. The zero-order chi connectivity index (χ0) is 20.2. The molecule has 0 fully saturated rings. The molecule has 144 valence electrons. The summed E-state index contributed by atoms with van der Waals surface area (Å²) in [6.07, 6.45) is 0. The fraction of sp³-hybridized carbons (Fsp3) is 0.176. The molecule has 0 aromatic heterocycles. The maximum absolute atomic E-state index is 13.9. The van der Waals surface area contributed by atoms with Crippen LogP contribution in [0.15, 0.2) is 45.8 Å². The van der Waals surface area contributed by atoms with Crippen LogP contribution < -0.4 is 15.4 Å². The molecule has 0 atom stereocenters. The van der Waals surface area contributed by atoms with Crippen molar-refractivity contribution in [3.8, 4) is 0 Å². The molecule has 0 aliphatic heterocycles. The van der Waals surface area contributed by atoms with Crippen LogP contribution in [0.5, 0.6) is 0 Å². The van der Waals surface area contributed by atoms with Crippen molar-refractivity contribution in [2.45, 2.75) is 11.8 Å². The first-order valence-electron chi connectivity index (χ1n) is 7.71. The molecule has 0 aliphatic carbocycles. The molecule has 27 heavy (non-hydrogen) atoms. The minimum absolute atomic E-state index is 0.258. The molecule has 0 unspecified atom stereocenters. The van der Waals surface area contributed by atoms with Crippen LogP contribution >= 0.6 is 15.9 Å². The summed E-state index contributed by atoms with van der Waals surface area (Å²) in [5.41, 5.74) is 0.921. The van der Waals surface area contributed by atoms with Crippen molar-refractivity contribution in [1.82, 2.24) is 10.0 Å². The van der Waals surface area contributed by atoms with Crippen molar-refractivity contribution in [2.24, 2.45) is 0 Å². The van der Waals surface area contributed by atoms with E-state index in [2.05, 4.69) is 31.3 Å². The van der Waals surface area contributed by atoms with Gasteiger partial charge in [0.05, 0.1) is 17.0 Å². The number of benzene rings is 2. The average molecular weight is 458 g/mol. The Morgan fingerprint density at radius 2 is 1.85 bits per heavy atom. The smallest absolute Gasteiger partial charge is 0.254 e. The van der Waals surface area contributed by atoms with E-state index in [1.807, 2.05) is 13.0 Å². The molecule has 0 bridgehead atoms. The molecular formula is C17H17BrFN3O4S. The SMILES string of the molecule is CNS(=O)(=O)c1ccc(F)c(C(=O)NCC(=O)Nc2ccc(Br)cc2C)c1. The number of hydrogen-bond donors (Lipinski definition) is 3. The maximum Gasteiger partial charge on any atom is 0.254 e. The third kappa shape index (κ3) is 5.34. The quantitative estimate of drug-likeness (QED) is 0.617. The second kappa shape index (κ2) is 8.59. The Morgan fingerprint density at radius 3 is 2.48 bits per heavy atom. The average Bonchev–Trinajstić information content (AvgIpc) is 2.62. The van der Waals surface area contributed by atoms with Crippen molar-refractivity contribution < 1.29 is 22.4 Å². The lowest BCUT2D eigenvalue weighted by molar-refractivity contribution is -0.115. The van der Waals surface area contributed by atoms with E-state index < -0.39 is 39.8 Å². The standard InChI is InChI=1S/C17H17BrFN3O4S/c1-10-7-11(18)3-6-15(10)22-16(23)9-21-17(24)13-8-12(4-5-14(13)19)27(25,26)20-2/h3-8,20H,9H2,1-2H3,(H,21,24)(H,22,23). The van der Waals surface area contributed by atoms with Crippen LogP contribution in [0.4, 0.5) is 10.1 Å². The molecule has 0 aliphatic rings. The van der Waals surface area contributed by atoms with Crippen molar-refractivity contribution in [1.29, 1.82) is 0 Å². The largest absolute Gasteiger partial charge is 0.343 e. The van der Waals surface area contributed by atoms with E-state index in [4.69, 9.17) is 0 Å². The van der Waals surface area contributed by atoms with Gasteiger partial charge in [0.15, 0.2) is 0 Å². The lowest BCUT2D eigenvalue weighted by Crippen LogP contribution is -2.33. The van der Waals surface area contributed by atoms with Gasteiger partial charge < -0.3 is 10.6 Å². The molecule has 10 heteroatoms. The van der Waals surface area contributed by atoms with Crippen LogP contribution in [0.25, 0.3) is 0 Å². The minimum atomic E-state index is -3.83. The highest BCUT2D eigenvalue weighted by molar-refractivity contribution is 9.10. The first kappa shape index (κ1) is 21.0. The van der Waals surface area contributed by atoms with E-state index in [9.17, 15) is 22.4 Å². The number of carbonyl (C=O) groups is 2. The molecule has 0 heterocycles. The highest BCUT2D eigenvalue weighted by atomic mass is 79.9.